The SMILES string of the molecule is Cc1ccc(S(=O)(=O)n2cc(C3CC3C(=O)O)c3c(F)cccc32)cc1. The van der Waals surface area contributed by atoms with E-state index in [2.05, 4.69) is 0 Å². The van der Waals surface area contributed by atoms with Crippen LogP contribution in [0.1, 0.15) is 23.5 Å². The highest BCUT2D eigenvalue weighted by molar-refractivity contribution is 7.90. The molecule has 0 radical (unpaired) electrons. The summed E-state index contributed by atoms with van der Waals surface area (Å²) in [5.41, 5.74) is 1.58. The molecule has 1 heterocycles. The van der Waals surface area contributed by atoms with E-state index in [1.54, 1.807) is 12.1 Å². The molecule has 5 nitrogen and oxygen atoms in total. The third-order valence-corrected chi connectivity index (χ3v) is 6.55. The second kappa shape index (κ2) is 5.67. The maximum absolute atomic E-state index is 14.5. The standard InChI is InChI=1S/C19H16FNO4S/c1-11-5-7-12(8-6-11)26(24,25)21-10-15(13-9-14(13)19(22)23)18-16(20)3-2-4-17(18)21/h2-8,10,13-14H,9H2,1H3,(H,22,23). The lowest BCUT2D eigenvalue weighted by atomic mass is 10.1. The minimum Gasteiger partial charge on any atom is -0.481 e. The smallest absolute Gasteiger partial charge is 0.307 e. The summed E-state index contributed by atoms with van der Waals surface area (Å²) in [6.07, 6.45) is 1.75. The third-order valence-electron chi connectivity index (χ3n) is 4.86. The van der Waals surface area contributed by atoms with E-state index in [9.17, 15) is 22.7 Å². The van der Waals surface area contributed by atoms with Crippen LogP contribution < -0.4 is 0 Å². The molecule has 1 N–H and O–H groups in total. The molecule has 0 amide bonds. The van der Waals surface area contributed by atoms with Crippen molar-refractivity contribution < 1.29 is 22.7 Å². The number of fused-ring (bicyclic) bond motifs is 1. The van der Waals surface area contributed by atoms with Crippen LogP contribution in [0, 0.1) is 18.7 Å². The molecule has 3 aromatic rings. The number of aliphatic carboxylic acids is 1. The summed E-state index contributed by atoms with van der Waals surface area (Å²) in [4.78, 5) is 11.3. The Kier molecular flexibility index (Phi) is 3.66. The number of halogens is 1. The Morgan fingerprint density at radius 2 is 1.88 bits per heavy atom. The molecule has 1 aromatic heterocycles. The van der Waals surface area contributed by atoms with Crippen molar-refractivity contribution in [3.05, 3.63) is 65.6 Å². The Bertz CT molecular complexity index is 1130. The molecule has 0 aliphatic heterocycles. The minimum absolute atomic E-state index is 0.0985. The van der Waals surface area contributed by atoms with Crippen molar-refractivity contribution in [2.75, 3.05) is 0 Å². The first kappa shape index (κ1) is 16.8. The average Bonchev–Trinajstić information content (AvgIpc) is 3.29. The van der Waals surface area contributed by atoms with E-state index in [0.29, 0.717) is 12.0 Å². The zero-order valence-corrected chi connectivity index (χ0v) is 14.7. The van der Waals surface area contributed by atoms with Crippen LogP contribution in [0.4, 0.5) is 4.39 Å². The number of benzene rings is 2. The zero-order chi connectivity index (χ0) is 18.6. The molecule has 1 aliphatic carbocycles. The number of carboxylic acid groups (broad SMARTS) is 1. The van der Waals surface area contributed by atoms with Gasteiger partial charge >= 0.3 is 5.97 Å². The van der Waals surface area contributed by atoms with Crippen LogP contribution in [0.25, 0.3) is 10.9 Å². The third kappa shape index (κ3) is 2.50. The molecule has 26 heavy (non-hydrogen) atoms. The van der Waals surface area contributed by atoms with Gasteiger partial charge in [0.15, 0.2) is 0 Å². The van der Waals surface area contributed by atoms with Crippen LogP contribution in [0.5, 0.6) is 0 Å². The van der Waals surface area contributed by atoms with Crippen LogP contribution in [0.15, 0.2) is 53.6 Å². The van der Waals surface area contributed by atoms with Crippen LogP contribution in [0.2, 0.25) is 0 Å². The molecule has 0 bridgehead atoms. The molecule has 134 valence electrons. The van der Waals surface area contributed by atoms with Gasteiger partial charge in [-0.2, -0.15) is 0 Å². The normalized spacial score (nSPS) is 19.6. The van der Waals surface area contributed by atoms with Gasteiger partial charge in [0, 0.05) is 17.5 Å². The molecule has 2 atom stereocenters. The summed E-state index contributed by atoms with van der Waals surface area (Å²) < 4.78 is 41.7. The molecular formula is C19H16FNO4S. The van der Waals surface area contributed by atoms with Crippen molar-refractivity contribution >= 4 is 26.9 Å². The topological polar surface area (TPSA) is 76.4 Å². The number of carbonyl (C=O) groups is 1. The van der Waals surface area contributed by atoms with E-state index >= 15 is 0 Å². The van der Waals surface area contributed by atoms with Crippen LogP contribution in [0.3, 0.4) is 0 Å². The minimum atomic E-state index is -3.92. The van der Waals surface area contributed by atoms with Crippen molar-refractivity contribution in [1.82, 2.24) is 3.97 Å². The highest BCUT2D eigenvalue weighted by Gasteiger charge is 2.46. The Hall–Kier alpha value is -2.67. The fraction of sp³-hybridized carbons (Fsp3) is 0.211. The quantitative estimate of drug-likeness (QED) is 0.759. The van der Waals surface area contributed by atoms with Crippen LogP contribution in [-0.2, 0) is 14.8 Å². The van der Waals surface area contributed by atoms with Crippen LogP contribution >= 0.6 is 0 Å². The van der Waals surface area contributed by atoms with E-state index in [4.69, 9.17) is 0 Å². The lowest BCUT2D eigenvalue weighted by molar-refractivity contribution is -0.138. The van der Waals surface area contributed by atoms with Crippen molar-refractivity contribution in [3.63, 3.8) is 0 Å². The van der Waals surface area contributed by atoms with E-state index < -0.39 is 27.7 Å². The number of hydrogen-bond acceptors (Lipinski definition) is 3. The van der Waals surface area contributed by atoms with Gasteiger partial charge in [-0.15, -0.1) is 0 Å². The Labute approximate surface area is 149 Å². The van der Waals surface area contributed by atoms with Gasteiger partial charge < -0.3 is 5.11 Å². The van der Waals surface area contributed by atoms with E-state index in [0.717, 1.165) is 9.54 Å². The summed E-state index contributed by atoms with van der Waals surface area (Å²) in [5.74, 6) is -2.47. The lowest BCUT2D eigenvalue weighted by Crippen LogP contribution is -2.11. The Morgan fingerprint density at radius 1 is 1.19 bits per heavy atom. The number of aromatic nitrogens is 1. The summed E-state index contributed by atoms with van der Waals surface area (Å²) in [6, 6.07) is 10.6. The van der Waals surface area contributed by atoms with Gasteiger partial charge in [0.2, 0.25) is 0 Å². The number of hydrogen-bond donors (Lipinski definition) is 1. The monoisotopic (exact) mass is 373 g/mol. The average molecular weight is 373 g/mol. The van der Waals surface area contributed by atoms with Crippen molar-refractivity contribution in [2.24, 2.45) is 5.92 Å². The van der Waals surface area contributed by atoms with Gasteiger partial charge in [-0.25, -0.2) is 16.8 Å². The molecule has 2 aromatic carbocycles. The molecule has 1 fully saturated rings. The molecule has 0 spiro atoms. The molecule has 1 aliphatic rings. The second-order valence-corrected chi connectivity index (χ2v) is 8.43. The maximum atomic E-state index is 14.5. The highest BCUT2D eigenvalue weighted by Crippen LogP contribution is 2.50. The summed E-state index contributed by atoms with van der Waals surface area (Å²) in [7, 11) is -3.92. The highest BCUT2D eigenvalue weighted by atomic mass is 32.2. The van der Waals surface area contributed by atoms with Gasteiger partial charge in [0.1, 0.15) is 5.82 Å². The Morgan fingerprint density at radius 3 is 2.50 bits per heavy atom. The van der Waals surface area contributed by atoms with Crippen LogP contribution in [-0.4, -0.2) is 23.5 Å². The lowest BCUT2D eigenvalue weighted by Gasteiger charge is -2.08. The first-order chi connectivity index (χ1) is 12.3. The van der Waals surface area contributed by atoms with Gasteiger partial charge in [-0.3, -0.25) is 4.79 Å². The van der Waals surface area contributed by atoms with Gasteiger partial charge in [-0.1, -0.05) is 23.8 Å². The maximum Gasteiger partial charge on any atom is 0.307 e. The molecular weight excluding hydrogens is 357 g/mol. The number of carboxylic acids is 1. The second-order valence-electron chi connectivity index (χ2n) is 6.62. The molecule has 7 heteroatoms. The van der Waals surface area contributed by atoms with Crippen molar-refractivity contribution in [1.29, 1.82) is 0 Å². The molecule has 1 saturated carbocycles. The molecule has 0 saturated heterocycles. The fourth-order valence-electron chi connectivity index (χ4n) is 3.36. The largest absolute Gasteiger partial charge is 0.481 e. The number of aryl methyl sites for hydroxylation is 1. The fourth-order valence-corrected chi connectivity index (χ4v) is 4.73. The summed E-state index contributed by atoms with van der Waals surface area (Å²) in [5, 5.41) is 9.36. The summed E-state index contributed by atoms with van der Waals surface area (Å²) in [6.45, 7) is 1.86. The van der Waals surface area contributed by atoms with Gasteiger partial charge in [0.25, 0.3) is 10.0 Å². The van der Waals surface area contributed by atoms with E-state index in [-0.39, 0.29) is 21.7 Å². The predicted octanol–water partition coefficient (Wildman–Crippen LogP) is 3.51. The van der Waals surface area contributed by atoms with E-state index in [1.807, 2.05) is 6.92 Å². The van der Waals surface area contributed by atoms with Gasteiger partial charge in [-0.05, 0) is 43.2 Å². The number of rotatable bonds is 4. The van der Waals surface area contributed by atoms with Gasteiger partial charge in [0.05, 0.1) is 16.3 Å². The first-order valence-corrected chi connectivity index (χ1v) is 9.59. The molecule has 4 rings (SSSR count). The van der Waals surface area contributed by atoms with E-state index in [1.165, 1.54) is 36.5 Å². The Balaban J connectivity index is 1.93. The first-order valence-electron chi connectivity index (χ1n) is 8.15. The zero-order valence-electron chi connectivity index (χ0n) is 13.9. The van der Waals surface area contributed by atoms with Crippen molar-refractivity contribution in [3.8, 4) is 0 Å². The molecule has 2 unspecified atom stereocenters. The number of nitrogens with zero attached hydrogens (tertiary/aromatic N) is 1. The summed E-state index contributed by atoms with van der Waals surface area (Å²) >= 11 is 0. The predicted molar refractivity (Wildman–Crippen MR) is 94.1 cm³/mol. The van der Waals surface area contributed by atoms with Crippen molar-refractivity contribution in [2.45, 2.75) is 24.2 Å².